The van der Waals surface area contributed by atoms with Crippen molar-refractivity contribution >= 4 is 28.7 Å². The number of halogens is 2. The Morgan fingerprint density at radius 3 is 2.87 bits per heavy atom. The zero-order valence-electron chi connectivity index (χ0n) is 14.0. The second kappa shape index (κ2) is 7.29. The van der Waals surface area contributed by atoms with Gasteiger partial charge in [0.1, 0.15) is 5.60 Å². The highest BCUT2D eigenvalue weighted by Gasteiger charge is 2.31. The summed E-state index contributed by atoms with van der Waals surface area (Å²) >= 11 is 2.13. The van der Waals surface area contributed by atoms with Crippen LogP contribution in [0, 0.1) is 9.52 Å². The number of rotatable bonds is 3. The predicted octanol–water partition coefficient (Wildman–Crippen LogP) is 3.27. The Morgan fingerprint density at radius 2 is 2.26 bits per heavy atom. The fraction of sp³-hybridized carbons (Fsp3) is 0.625. The molecule has 0 N–H and O–H groups in total. The lowest BCUT2D eigenvalue weighted by atomic mass is 10.2. The Labute approximate surface area is 150 Å². The number of likely N-dealkylation sites (N-methyl/N-ethyl adjacent to an activating group) is 1. The van der Waals surface area contributed by atoms with Crippen LogP contribution >= 0.6 is 22.6 Å². The van der Waals surface area contributed by atoms with Gasteiger partial charge in [-0.15, -0.1) is 0 Å². The van der Waals surface area contributed by atoms with E-state index in [9.17, 15) is 9.18 Å². The second-order valence-corrected chi connectivity index (χ2v) is 8.03. The predicted molar refractivity (Wildman–Crippen MR) is 94.6 cm³/mol. The van der Waals surface area contributed by atoms with Gasteiger partial charge in [-0.25, -0.2) is 9.78 Å². The van der Waals surface area contributed by atoms with Crippen molar-refractivity contribution in [1.82, 2.24) is 14.8 Å². The zero-order chi connectivity index (χ0) is 17.2. The minimum atomic E-state index is -0.487. The highest BCUT2D eigenvalue weighted by atomic mass is 127. The van der Waals surface area contributed by atoms with E-state index in [4.69, 9.17) is 4.74 Å². The van der Waals surface area contributed by atoms with Gasteiger partial charge in [0.25, 0.3) is 0 Å². The number of nitrogens with zero attached hydrogens (tertiary/aromatic N) is 3. The van der Waals surface area contributed by atoms with Crippen LogP contribution in [0.25, 0.3) is 0 Å². The summed E-state index contributed by atoms with van der Waals surface area (Å²) in [7, 11) is 1.78. The summed E-state index contributed by atoms with van der Waals surface area (Å²) in [5.74, 6) is -0.456. The molecule has 1 saturated heterocycles. The van der Waals surface area contributed by atoms with Crippen LogP contribution < -0.4 is 0 Å². The smallest absolute Gasteiger partial charge is 0.410 e. The van der Waals surface area contributed by atoms with Crippen LogP contribution in [0.2, 0.25) is 0 Å². The van der Waals surface area contributed by atoms with E-state index in [1.165, 1.54) is 6.07 Å². The van der Waals surface area contributed by atoms with Crippen molar-refractivity contribution in [2.45, 2.75) is 45.4 Å². The van der Waals surface area contributed by atoms with E-state index in [1.807, 2.05) is 20.8 Å². The molecule has 23 heavy (non-hydrogen) atoms. The van der Waals surface area contributed by atoms with Crippen molar-refractivity contribution in [3.8, 4) is 0 Å². The number of hydrogen-bond donors (Lipinski definition) is 0. The van der Waals surface area contributed by atoms with E-state index < -0.39 is 11.5 Å². The van der Waals surface area contributed by atoms with Crippen LogP contribution in [0.5, 0.6) is 0 Å². The lowest BCUT2D eigenvalue weighted by Crippen LogP contribution is -2.42. The van der Waals surface area contributed by atoms with Crippen molar-refractivity contribution in [2.24, 2.45) is 0 Å². The molecule has 5 nitrogen and oxygen atoms in total. The van der Waals surface area contributed by atoms with Crippen molar-refractivity contribution < 1.29 is 13.9 Å². The molecule has 2 rings (SSSR count). The number of carbonyl (C=O) groups excluding carboxylic acids is 1. The van der Waals surface area contributed by atoms with Crippen LogP contribution in [-0.4, -0.2) is 52.7 Å². The Morgan fingerprint density at radius 1 is 1.57 bits per heavy atom. The summed E-state index contributed by atoms with van der Waals surface area (Å²) < 4.78 is 19.4. The number of amides is 1. The van der Waals surface area contributed by atoms with E-state index in [1.54, 1.807) is 18.1 Å². The fourth-order valence-electron chi connectivity index (χ4n) is 2.55. The molecule has 1 unspecified atom stereocenters. The molecule has 0 saturated carbocycles. The molecule has 2 heterocycles. The maximum absolute atomic E-state index is 13.1. The summed E-state index contributed by atoms with van der Waals surface area (Å²) in [6.07, 6.45) is 2.20. The van der Waals surface area contributed by atoms with Crippen molar-refractivity contribution in [2.75, 3.05) is 20.1 Å². The van der Waals surface area contributed by atoms with Gasteiger partial charge in [0.2, 0.25) is 5.95 Å². The molecule has 0 aromatic carbocycles. The number of ether oxygens (including phenoxy) is 1. The first-order valence-electron chi connectivity index (χ1n) is 7.64. The van der Waals surface area contributed by atoms with E-state index in [-0.39, 0.29) is 12.1 Å². The van der Waals surface area contributed by atoms with Crippen LogP contribution in [0.15, 0.2) is 12.3 Å². The molecule has 7 heteroatoms. The largest absolute Gasteiger partial charge is 0.444 e. The standard InChI is InChI=1S/C16H23FIN3O2/c1-16(2,3)23-15(22)20(4)12-5-6-21(10-12)9-11-8-19-14(17)7-13(11)18/h7-8,12H,5-6,9-10H2,1-4H3. The third-order valence-corrected chi connectivity index (χ3v) is 4.77. The summed E-state index contributed by atoms with van der Waals surface area (Å²) in [6.45, 7) is 7.98. The first kappa shape index (κ1) is 18.4. The molecule has 1 aromatic heterocycles. The van der Waals surface area contributed by atoms with Gasteiger partial charge in [-0.2, -0.15) is 4.39 Å². The third kappa shape index (κ3) is 5.27. The van der Waals surface area contributed by atoms with Gasteiger partial charge in [0.05, 0.1) is 0 Å². The van der Waals surface area contributed by atoms with Crippen LogP contribution in [0.4, 0.5) is 9.18 Å². The summed E-state index contributed by atoms with van der Waals surface area (Å²) in [4.78, 5) is 19.8. The second-order valence-electron chi connectivity index (χ2n) is 6.87. The summed E-state index contributed by atoms with van der Waals surface area (Å²) in [6, 6.07) is 1.58. The van der Waals surface area contributed by atoms with Crippen LogP contribution in [0.1, 0.15) is 32.8 Å². The van der Waals surface area contributed by atoms with Crippen LogP contribution in [0.3, 0.4) is 0 Å². The first-order valence-corrected chi connectivity index (χ1v) is 8.71. The van der Waals surface area contributed by atoms with Gasteiger partial charge >= 0.3 is 6.09 Å². The Balaban J connectivity index is 1.91. The minimum absolute atomic E-state index is 0.135. The highest BCUT2D eigenvalue weighted by Crippen LogP contribution is 2.21. The molecule has 0 spiro atoms. The fourth-order valence-corrected chi connectivity index (χ4v) is 3.11. The van der Waals surface area contributed by atoms with Crippen molar-refractivity contribution in [3.05, 3.63) is 27.3 Å². The number of hydrogen-bond acceptors (Lipinski definition) is 4. The molecule has 1 atom stereocenters. The summed E-state index contributed by atoms with van der Waals surface area (Å²) in [5.41, 5.74) is 0.520. The lowest BCUT2D eigenvalue weighted by molar-refractivity contribution is 0.0228. The molecule has 1 aromatic rings. The number of likely N-dealkylation sites (tertiary alicyclic amines) is 1. The minimum Gasteiger partial charge on any atom is -0.444 e. The molecular weight excluding hydrogens is 412 g/mol. The van der Waals surface area contributed by atoms with E-state index in [0.717, 1.165) is 28.6 Å². The van der Waals surface area contributed by atoms with Gasteiger partial charge < -0.3 is 9.64 Å². The average Bonchev–Trinajstić information content (AvgIpc) is 2.87. The molecule has 0 bridgehead atoms. The normalized spacial score (nSPS) is 19.0. The molecule has 0 aliphatic carbocycles. The number of aromatic nitrogens is 1. The lowest BCUT2D eigenvalue weighted by Gasteiger charge is -2.28. The Bertz CT molecular complexity index is 577. The molecular formula is C16H23FIN3O2. The number of carbonyl (C=O) groups is 1. The van der Waals surface area contributed by atoms with Crippen molar-refractivity contribution in [3.63, 3.8) is 0 Å². The van der Waals surface area contributed by atoms with Gasteiger partial charge in [0.15, 0.2) is 0 Å². The van der Waals surface area contributed by atoms with Crippen LogP contribution in [-0.2, 0) is 11.3 Å². The third-order valence-electron chi connectivity index (χ3n) is 3.77. The van der Waals surface area contributed by atoms with Gasteiger partial charge in [-0.3, -0.25) is 4.90 Å². The van der Waals surface area contributed by atoms with Gasteiger partial charge in [-0.05, 0) is 55.3 Å². The van der Waals surface area contributed by atoms with Crippen molar-refractivity contribution in [1.29, 1.82) is 0 Å². The monoisotopic (exact) mass is 435 g/mol. The Hall–Kier alpha value is -0.960. The Kier molecular flexibility index (Phi) is 5.83. The van der Waals surface area contributed by atoms with E-state index in [0.29, 0.717) is 6.54 Å². The molecule has 1 aliphatic heterocycles. The molecule has 1 fully saturated rings. The van der Waals surface area contributed by atoms with Gasteiger partial charge in [0, 0.05) is 48.6 Å². The van der Waals surface area contributed by atoms with E-state index in [2.05, 4.69) is 32.5 Å². The molecule has 128 valence electrons. The molecule has 1 amide bonds. The summed E-state index contributed by atoms with van der Waals surface area (Å²) in [5, 5.41) is 0. The average molecular weight is 435 g/mol. The van der Waals surface area contributed by atoms with E-state index >= 15 is 0 Å². The van der Waals surface area contributed by atoms with Gasteiger partial charge in [-0.1, -0.05) is 0 Å². The SMILES string of the molecule is CN(C(=O)OC(C)(C)C)C1CCN(Cc2cnc(F)cc2I)C1. The zero-order valence-corrected chi connectivity index (χ0v) is 16.1. The highest BCUT2D eigenvalue weighted by molar-refractivity contribution is 14.1. The topological polar surface area (TPSA) is 45.7 Å². The molecule has 0 radical (unpaired) electrons. The maximum Gasteiger partial charge on any atom is 0.410 e. The first-order chi connectivity index (χ1) is 10.7. The maximum atomic E-state index is 13.1. The molecule has 1 aliphatic rings. The number of pyridine rings is 1. The quantitative estimate of drug-likeness (QED) is 0.540.